The van der Waals surface area contributed by atoms with Crippen molar-refractivity contribution in [2.75, 3.05) is 19.6 Å². The molecule has 0 saturated carbocycles. The first kappa shape index (κ1) is 13.5. The fourth-order valence-electron chi connectivity index (χ4n) is 3.35. The van der Waals surface area contributed by atoms with Gasteiger partial charge in [-0.05, 0) is 56.0 Å². The van der Waals surface area contributed by atoms with Crippen molar-refractivity contribution in [3.63, 3.8) is 0 Å². The van der Waals surface area contributed by atoms with Gasteiger partial charge in [0.05, 0.1) is 0 Å². The molecule has 3 rings (SSSR count). The second-order valence-electron chi connectivity index (χ2n) is 5.72. The fourth-order valence-corrected chi connectivity index (χ4v) is 3.83. The van der Waals surface area contributed by atoms with E-state index in [1.807, 2.05) is 6.07 Å². The van der Waals surface area contributed by atoms with Gasteiger partial charge in [0, 0.05) is 23.6 Å². The monoisotopic (exact) mass is 326 g/mol. The van der Waals surface area contributed by atoms with Gasteiger partial charge in [0.2, 0.25) is 0 Å². The Kier molecular flexibility index (Phi) is 4.20. The van der Waals surface area contributed by atoms with Crippen molar-refractivity contribution in [2.24, 2.45) is 5.92 Å². The zero-order valence-corrected chi connectivity index (χ0v) is 12.6. The van der Waals surface area contributed by atoms with Crippen LogP contribution in [0.5, 0.6) is 0 Å². The molecule has 0 aliphatic carbocycles. The largest absolute Gasteiger partial charge is 0.314 e. The van der Waals surface area contributed by atoms with Gasteiger partial charge in [-0.3, -0.25) is 4.90 Å². The Morgan fingerprint density at radius 3 is 3.11 bits per heavy atom. The Morgan fingerprint density at radius 2 is 2.26 bits per heavy atom. The van der Waals surface area contributed by atoms with Crippen LogP contribution in [0.15, 0.2) is 22.7 Å². The molecule has 0 amide bonds. The van der Waals surface area contributed by atoms with E-state index < -0.39 is 0 Å². The smallest absolute Gasteiger partial charge is 0.124 e. The van der Waals surface area contributed by atoms with Crippen LogP contribution in [0.4, 0.5) is 4.39 Å². The summed E-state index contributed by atoms with van der Waals surface area (Å²) in [5.41, 5.74) is 1.18. The standard InChI is InChI=1S/C15H20BrFN2/c16-14-8-13(17)4-3-11(14)9-19-7-5-15-12(10-19)2-1-6-18-15/h3-4,8,12,15,18H,1-2,5-7,9-10H2. The zero-order chi connectivity index (χ0) is 13.2. The third-order valence-electron chi connectivity index (χ3n) is 4.39. The SMILES string of the molecule is Fc1ccc(CN2CCC3NCCCC3C2)c(Br)c1. The first-order valence-corrected chi connectivity index (χ1v) is 7.91. The summed E-state index contributed by atoms with van der Waals surface area (Å²) in [4.78, 5) is 2.51. The summed E-state index contributed by atoms with van der Waals surface area (Å²) >= 11 is 3.46. The number of nitrogens with one attached hydrogen (secondary N) is 1. The van der Waals surface area contributed by atoms with Gasteiger partial charge in [0.25, 0.3) is 0 Å². The molecule has 2 fully saturated rings. The molecular formula is C15H20BrFN2. The van der Waals surface area contributed by atoms with Crippen molar-refractivity contribution < 1.29 is 4.39 Å². The number of halogens is 2. The Balaban J connectivity index is 1.64. The molecule has 0 radical (unpaired) electrons. The highest BCUT2D eigenvalue weighted by atomic mass is 79.9. The van der Waals surface area contributed by atoms with Crippen molar-refractivity contribution >= 4 is 15.9 Å². The molecule has 2 aliphatic heterocycles. The predicted molar refractivity (Wildman–Crippen MR) is 78.5 cm³/mol. The maximum Gasteiger partial charge on any atom is 0.124 e. The Bertz CT molecular complexity index is 452. The molecule has 104 valence electrons. The first-order chi connectivity index (χ1) is 9.22. The van der Waals surface area contributed by atoms with Crippen LogP contribution in [0, 0.1) is 11.7 Å². The number of hydrogen-bond donors (Lipinski definition) is 1. The third kappa shape index (κ3) is 3.18. The quantitative estimate of drug-likeness (QED) is 0.898. The summed E-state index contributed by atoms with van der Waals surface area (Å²) in [5.74, 6) is 0.618. The molecule has 0 bridgehead atoms. The van der Waals surface area contributed by atoms with Crippen molar-refractivity contribution in [1.29, 1.82) is 0 Å². The summed E-state index contributed by atoms with van der Waals surface area (Å²) in [6.45, 7) is 4.41. The second-order valence-corrected chi connectivity index (χ2v) is 6.58. The lowest BCUT2D eigenvalue weighted by atomic mass is 9.85. The molecule has 2 saturated heterocycles. The summed E-state index contributed by atoms with van der Waals surface area (Å²) in [7, 11) is 0. The Morgan fingerprint density at radius 1 is 1.37 bits per heavy atom. The Labute approximate surface area is 122 Å². The molecule has 1 N–H and O–H groups in total. The average Bonchev–Trinajstić information content (AvgIpc) is 2.42. The molecule has 4 heteroatoms. The van der Waals surface area contributed by atoms with Crippen LogP contribution >= 0.6 is 15.9 Å². The van der Waals surface area contributed by atoms with Crippen LogP contribution < -0.4 is 5.32 Å². The minimum atomic E-state index is -0.175. The molecule has 19 heavy (non-hydrogen) atoms. The minimum absolute atomic E-state index is 0.175. The molecule has 2 unspecified atom stereocenters. The number of fused-ring (bicyclic) bond motifs is 1. The highest BCUT2D eigenvalue weighted by Gasteiger charge is 2.30. The minimum Gasteiger partial charge on any atom is -0.314 e. The molecule has 0 aromatic heterocycles. The number of benzene rings is 1. The van der Waals surface area contributed by atoms with Crippen LogP contribution in [-0.4, -0.2) is 30.6 Å². The molecule has 0 spiro atoms. The summed E-state index contributed by atoms with van der Waals surface area (Å²) in [5, 5.41) is 3.64. The number of rotatable bonds is 2. The lowest BCUT2D eigenvalue weighted by Crippen LogP contribution is -2.51. The number of nitrogens with zero attached hydrogens (tertiary/aromatic N) is 1. The highest BCUT2D eigenvalue weighted by molar-refractivity contribution is 9.10. The van der Waals surface area contributed by atoms with E-state index in [0.29, 0.717) is 0 Å². The van der Waals surface area contributed by atoms with Gasteiger partial charge in [0.15, 0.2) is 0 Å². The van der Waals surface area contributed by atoms with Gasteiger partial charge in [-0.2, -0.15) is 0 Å². The Hall–Kier alpha value is -0.450. The molecule has 2 atom stereocenters. The van der Waals surface area contributed by atoms with Gasteiger partial charge >= 0.3 is 0 Å². The molecule has 1 aromatic rings. The molecule has 2 heterocycles. The van der Waals surface area contributed by atoms with Gasteiger partial charge < -0.3 is 5.32 Å². The van der Waals surface area contributed by atoms with Gasteiger partial charge in [0.1, 0.15) is 5.82 Å². The number of piperidine rings is 2. The van der Waals surface area contributed by atoms with E-state index in [2.05, 4.69) is 26.1 Å². The normalized spacial score (nSPS) is 28.1. The van der Waals surface area contributed by atoms with Gasteiger partial charge in [-0.1, -0.05) is 22.0 Å². The van der Waals surface area contributed by atoms with Crippen LogP contribution in [0.25, 0.3) is 0 Å². The second kappa shape index (κ2) is 5.90. The maximum absolute atomic E-state index is 13.1. The molecule has 2 aliphatic rings. The summed E-state index contributed by atoms with van der Waals surface area (Å²) in [6, 6.07) is 5.73. The van der Waals surface area contributed by atoms with E-state index in [-0.39, 0.29) is 5.82 Å². The van der Waals surface area contributed by atoms with Crippen molar-refractivity contribution in [2.45, 2.75) is 31.8 Å². The van der Waals surface area contributed by atoms with Crippen molar-refractivity contribution in [3.05, 3.63) is 34.1 Å². The lowest BCUT2D eigenvalue weighted by Gasteiger charge is -2.41. The fraction of sp³-hybridized carbons (Fsp3) is 0.600. The molecule has 1 aromatic carbocycles. The molecular weight excluding hydrogens is 307 g/mol. The zero-order valence-electron chi connectivity index (χ0n) is 11.0. The molecule has 2 nitrogen and oxygen atoms in total. The third-order valence-corrected chi connectivity index (χ3v) is 5.12. The maximum atomic E-state index is 13.1. The van der Waals surface area contributed by atoms with Crippen LogP contribution in [0.3, 0.4) is 0 Å². The van der Waals surface area contributed by atoms with E-state index in [1.165, 1.54) is 37.9 Å². The highest BCUT2D eigenvalue weighted by Crippen LogP contribution is 2.27. The van der Waals surface area contributed by atoms with E-state index in [4.69, 9.17) is 0 Å². The van der Waals surface area contributed by atoms with E-state index in [0.717, 1.165) is 29.5 Å². The van der Waals surface area contributed by atoms with Crippen LogP contribution in [0.2, 0.25) is 0 Å². The van der Waals surface area contributed by atoms with E-state index >= 15 is 0 Å². The first-order valence-electron chi connectivity index (χ1n) is 7.12. The van der Waals surface area contributed by atoms with Crippen LogP contribution in [0.1, 0.15) is 24.8 Å². The van der Waals surface area contributed by atoms with Gasteiger partial charge in [-0.25, -0.2) is 4.39 Å². The lowest BCUT2D eigenvalue weighted by molar-refractivity contribution is 0.109. The number of hydrogen-bond acceptors (Lipinski definition) is 2. The van der Waals surface area contributed by atoms with Crippen molar-refractivity contribution in [1.82, 2.24) is 10.2 Å². The summed E-state index contributed by atoms with van der Waals surface area (Å²) < 4.78 is 14.0. The van der Waals surface area contributed by atoms with E-state index in [9.17, 15) is 4.39 Å². The topological polar surface area (TPSA) is 15.3 Å². The predicted octanol–water partition coefficient (Wildman–Crippen LogP) is 3.16. The van der Waals surface area contributed by atoms with Crippen molar-refractivity contribution in [3.8, 4) is 0 Å². The number of likely N-dealkylation sites (tertiary alicyclic amines) is 1. The summed E-state index contributed by atoms with van der Waals surface area (Å²) in [6.07, 6.45) is 3.89. The average molecular weight is 327 g/mol. The van der Waals surface area contributed by atoms with Crippen LogP contribution in [-0.2, 0) is 6.54 Å². The van der Waals surface area contributed by atoms with Gasteiger partial charge in [-0.15, -0.1) is 0 Å². The van der Waals surface area contributed by atoms with E-state index in [1.54, 1.807) is 12.1 Å².